The molecule has 0 saturated heterocycles. The van der Waals surface area contributed by atoms with E-state index in [0.717, 1.165) is 12.2 Å². The van der Waals surface area contributed by atoms with Crippen LogP contribution in [0.1, 0.15) is 25.2 Å². The van der Waals surface area contributed by atoms with Crippen LogP contribution < -0.4 is 10.1 Å². The van der Waals surface area contributed by atoms with E-state index >= 15 is 0 Å². The molecule has 1 heterocycles. The number of nitrogens with one attached hydrogen (secondary N) is 1. The van der Waals surface area contributed by atoms with Gasteiger partial charge in [-0.3, -0.25) is 4.79 Å². The number of carbonyl (C=O) groups is 1. The van der Waals surface area contributed by atoms with Crippen LogP contribution in [0.25, 0.3) is 0 Å². The van der Waals surface area contributed by atoms with Crippen LogP contribution in [-0.2, 0) is 24.4 Å². The van der Waals surface area contributed by atoms with Gasteiger partial charge in [-0.15, -0.1) is 10.2 Å². The molecule has 3 rings (SSSR count). The molecule has 0 fully saturated rings. The van der Waals surface area contributed by atoms with Gasteiger partial charge in [0.25, 0.3) is 0 Å². The lowest BCUT2D eigenvalue weighted by atomic mass is 10.2. The number of aryl methyl sites for hydroxylation is 1. The first-order valence-electron chi connectivity index (χ1n) is 9.52. The number of anilines is 1. The van der Waals surface area contributed by atoms with E-state index in [1.807, 2.05) is 35.8 Å². The second-order valence-corrected chi connectivity index (χ2v) is 8.10. The third-order valence-electron chi connectivity index (χ3n) is 4.37. The molecular weight excluding hydrogens is 443 g/mol. The first-order valence-corrected chi connectivity index (χ1v) is 11.3. The molecule has 0 spiro atoms. The van der Waals surface area contributed by atoms with Crippen molar-refractivity contribution in [2.24, 2.45) is 0 Å². The molecule has 0 aliphatic rings. The highest BCUT2D eigenvalue weighted by Crippen LogP contribution is 2.29. The molecule has 0 saturated carbocycles. The van der Waals surface area contributed by atoms with E-state index in [2.05, 4.69) is 22.4 Å². The summed E-state index contributed by atoms with van der Waals surface area (Å²) in [6.45, 7) is 5.09. The number of benzene rings is 2. The van der Waals surface area contributed by atoms with Gasteiger partial charge in [0.1, 0.15) is 12.4 Å². The van der Waals surface area contributed by atoms with E-state index in [-0.39, 0.29) is 11.7 Å². The molecule has 0 atom stereocenters. The maximum Gasteiger partial charge on any atom is 0.234 e. The Kier molecular flexibility index (Phi) is 8.01. The Morgan fingerprint density at radius 2 is 1.90 bits per heavy atom. The summed E-state index contributed by atoms with van der Waals surface area (Å²) in [5.74, 6) is 1.45. The second-order valence-electron chi connectivity index (χ2n) is 6.37. The van der Waals surface area contributed by atoms with Crippen molar-refractivity contribution < 1.29 is 9.53 Å². The molecule has 0 bridgehead atoms. The summed E-state index contributed by atoms with van der Waals surface area (Å²) in [4.78, 5) is 12.3. The molecule has 1 aromatic heterocycles. The van der Waals surface area contributed by atoms with Gasteiger partial charge < -0.3 is 14.6 Å². The molecule has 158 valence electrons. The van der Waals surface area contributed by atoms with Crippen LogP contribution in [0.5, 0.6) is 5.75 Å². The number of hydrogen-bond acceptors (Lipinski definition) is 5. The molecule has 1 amide bonds. The van der Waals surface area contributed by atoms with Crippen LogP contribution in [-0.4, -0.2) is 26.4 Å². The molecule has 0 radical (unpaired) electrons. The lowest BCUT2D eigenvalue weighted by Crippen LogP contribution is -2.15. The fourth-order valence-electron chi connectivity index (χ4n) is 2.74. The summed E-state index contributed by atoms with van der Waals surface area (Å²) >= 11 is 13.4. The average Bonchev–Trinajstić information content (AvgIpc) is 3.16. The SMILES string of the molecule is CCc1ccc(OCc2nnc(SCC(=O)Nc3cccc(Cl)c3Cl)n2CC)cc1. The maximum absolute atomic E-state index is 12.3. The molecule has 1 N–H and O–H groups in total. The van der Waals surface area contributed by atoms with Gasteiger partial charge in [0.15, 0.2) is 11.0 Å². The van der Waals surface area contributed by atoms with Gasteiger partial charge >= 0.3 is 0 Å². The van der Waals surface area contributed by atoms with Gasteiger partial charge in [-0.25, -0.2) is 0 Å². The van der Waals surface area contributed by atoms with Crippen LogP contribution in [0.3, 0.4) is 0 Å². The second kappa shape index (κ2) is 10.7. The number of thioether (sulfide) groups is 1. The molecule has 2 aromatic carbocycles. The van der Waals surface area contributed by atoms with E-state index < -0.39 is 0 Å². The van der Waals surface area contributed by atoms with Crippen LogP contribution in [0.4, 0.5) is 5.69 Å². The van der Waals surface area contributed by atoms with Crippen molar-refractivity contribution in [2.75, 3.05) is 11.1 Å². The number of aromatic nitrogens is 3. The standard InChI is InChI=1S/C21H22Cl2N4O2S/c1-3-14-8-10-15(11-9-14)29-12-18-25-26-21(27(18)4-2)30-13-19(28)24-17-7-5-6-16(22)20(17)23/h5-11H,3-4,12-13H2,1-2H3,(H,24,28). The van der Waals surface area contributed by atoms with E-state index in [1.165, 1.54) is 17.3 Å². The molecule has 6 nitrogen and oxygen atoms in total. The average molecular weight is 465 g/mol. The molecular formula is C21H22Cl2N4O2S. The highest BCUT2D eigenvalue weighted by Gasteiger charge is 2.15. The fraction of sp³-hybridized carbons (Fsp3) is 0.286. The molecule has 0 aliphatic carbocycles. The zero-order chi connectivity index (χ0) is 21.5. The summed E-state index contributed by atoms with van der Waals surface area (Å²) < 4.78 is 7.77. The number of carbonyl (C=O) groups excluding carboxylic acids is 1. The van der Waals surface area contributed by atoms with Gasteiger partial charge in [0.2, 0.25) is 5.91 Å². The van der Waals surface area contributed by atoms with Gasteiger partial charge in [0.05, 0.1) is 21.5 Å². The Morgan fingerprint density at radius 1 is 1.13 bits per heavy atom. The first kappa shape index (κ1) is 22.5. The fourth-order valence-corrected chi connectivity index (χ4v) is 3.91. The Labute approximate surface area is 189 Å². The quantitative estimate of drug-likeness (QED) is 0.424. The molecule has 9 heteroatoms. The van der Waals surface area contributed by atoms with E-state index in [9.17, 15) is 4.79 Å². The minimum atomic E-state index is -0.205. The van der Waals surface area contributed by atoms with E-state index in [1.54, 1.807) is 18.2 Å². The van der Waals surface area contributed by atoms with Gasteiger partial charge in [-0.1, -0.05) is 60.1 Å². The van der Waals surface area contributed by atoms with Gasteiger partial charge in [-0.05, 0) is 43.2 Å². The third kappa shape index (κ3) is 5.68. The lowest BCUT2D eigenvalue weighted by molar-refractivity contribution is -0.113. The van der Waals surface area contributed by atoms with Crippen molar-refractivity contribution >= 4 is 46.6 Å². The van der Waals surface area contributed by atoms with Crippen molar-refractivity contribution in [3.63, 3.8) is 0 Å². The zero-order valence-corrected chi connectivity index (χ0v) is 19.0. The number of rotatable bonds is 9. The molecule has 0 unspecified atom stereocenters. The number of amides is 1. The summed E-state index contributed by atoms with van der Waals surface area (Å²) in [7, 11) is 0. The smallest absolute Gasteiger partial charge is 0.234 e. The molecule has 3 aromatic rings. The Bertz CT molecular complexity index is 1010. The number of hydrogen-bond donors (Lipinski definition) is 1. The van der Waals surface area contributed by atoms with Crippen LogP contribution in [0.15, 0.2) is 47.6 Å². The predicted molar refractivity (Wildman–Crippen MR) is 122 cm³/mol. The minimum absolute atomic E-state index is 0.167. The highest BCUT2D eigenvalue weighted by atomic mass is 35.5. The summed E-state index contributed by atoms with van der Waals surface area (Å²) in [6.07, 6.45) is 0.988. The predicted octanol–water partition coefficient (Wildman–Crippen LogP) is 5.48. The summed E-state index contributed by atoms with van der Waals surface area (Å²) in [5, 5.41) is 12.6. The molecule has 30 heavy (non-hydrogen) atoms. The van der Waals surface area contributed by atoms with Crippen LogP contribution in [0.2, 0.25) is 10.0 Å². The van der Waals surface area contributed by atoms with Crippen LogP contribution in [0, 0.1) is 0 Å². The maximum atomic E-state index is 12.3. The number of halogens is 2. The van der Waals surface area contributed by atoms with Gasteiger partial charge in [-0.2, -0.15) is 0 Å². The lowest BCUT2D eigenvalue weighted by Gasteiger charge is -2.10. The minimum Gasteiger partial charge on any atom is -0.486 e. The van der Waals surface area contributed by atoms with Gasteiger partial charge in [0, 0.05) is 6.54 Å². The first-order chi connectivity index (χ1) is 14.5. The van der Waals surface area contributed by atoms with Crippen molar-refractivity contribution in [1.82, 2.24) is 14.8 Å². The van der Waals surface area contributed by atoms with Crippen molar-refractivity contribution in [3.05, 3.63) is 63.9 Å². The van der Waals surface area contributed by atoms with Crippen LogP contribution >= 0.6 is 35.0 Å². The monoisotopic (exact) mass is 464 g/mol. The molecule has 0 aliphatic heterocycles. The zero-order valence-electron chi connectivity index (χ0n) is 16.7. The van der Waals surface area contributed by atoms with Crippen molar-refractivity contribution in [3.8, 4) is 5.75 Å². The third-order valence-corrected chi connectivity index (χ3v) is 6.15. The number of nitrogens with zero attached hydrogens (tertiary/aromatic N) is 3. The highest BCUT2D eigenvalue weighted by molar-refractivity contribution is 7.99. The van der Waals surface area contributed by atoms with Crippen molar-refractivity contribution in [2.45, 2.75) is 38.6 Å². The van der Waals surface area contributed by atoms with E-state index in [4.69, 9.17) is 27.9 Å². The largest absolute Gasteiger partial charge is 0.486 e. The Hall–Kier alpha value is -2.22. The Balaban J connectivity index is 1.58. The van der Waals surface area contributed by atoms with Crippen molar-refractivity contribution in [1.29, 1.82) is 0 Å². The summed E-state index contributed by atoms with van der Waals surface area (Å²) in [6, 6.07) is 13.1. The number of ether oxygens (including phenoxy) is 1. The Morgan fingerprint density at radius 3 is 2.60 bits per heavy atom. The topological polar surface area (TPSA) is 69.0 Å². The van der Waals surface area contributed by atoms with E-state index in [0.29, 0.717) is 39.9 Å². The summed E-state index contributed by atoms with van der Waals surface area (Å²) in [5.41, 5.74) is 1.74. The normalized spacial score (nSPS) is 10.8.